The van der Waals surface area contributed by atoms with Crippen LogP contribution in [-0.4, -0.2) is 20.8 Å². The molecule has 1 N–H and O–H groups in total. The minimum Gasteiger partial charge on any atom is -0.493 e. The number of nitriles is 1. The lowest BCUT2D eigenvalue weighted by Crippen LogP contribution is -2.13. The Morgan fingerprint density at radius 1 is 1.40 bits per heavy atom. The van der Waals surface area contributed by atoms with Crippen molar-refractivity contribution in [2.24, 2.45) is 5.41 Å². The zero-order valence-corrected chi connectivity index (χ0v) is 14.0. The van der Waals surface area contributed by atoms with Crippen molar-refractivity contribution >= 4 is 15.9 Å². The van der Waals surface area contributed by atoms with E-state index < -0.39 is 0 Å². The number of benzene rings is 1. The van der Waals surface area contributed by atoms with E-state index in [-0.39, 0.29) is 5.41 Å². The molecule has 0 atom stereocenters. The van der Waals surface area contributed by atoms with Gasteiger partial charge in [0.2, 0.25) is 0 Å². The predicted octanol–water partition coefficient (Wildman–Crippen LogP) is 3.50. The molecule has 5 heteroatoms. The van der Waals surface area contributed by atoms with E-state index >= 15 is 0 Å². The zero-order chi connectivity index (χ0) is 15.2. The molecule has 4 nitrogen and oxygen atoms in total. The third-order valence-corrected chi connectivity index (χ3v) is 3.54. The van der Waals surface area contributed by atoms with Gasteiger partial charge in [0.15, 0.2) is 11.5 Å². The molecule has 0 saturated carbocycles. The van der Waals surface area contributed by atoms with Gasteiger partial charge in [-0.2, -0.15) is 5.26 Å². The van der Waals surface area contributed by atoms with Crippen molar-refractivity contribution in [2.45, 2.75) is 26.8 Å². The van der Waals surface area contributed by atoms with Crippen LogP contribution in [0.3, 0.4) is 0 Å². The maximum absolute atomic E-state index is 9.00. The fraction of sp³-hybridized carbons (Fsp3) is 0.533. The SMILES string of the molecule is CNCc1cc(Br)c(OCCC(C)(C)C#N)c(OC)c1. The zero-order valence-electron chi connectivity index (χ0n) is 12.4. The Morgan fingerprint density at radius 3 is 2.65 bits per heavy atom. The van der Waals surface area contributed by atoms with Crippen LogP contribution in [0.25, 0.3) is 0 Å². The van der Waals surface area contributed by atoms with Crippen LogP contribution in [0.15, 0.2) is 16.6 Å². The molecule has 1 rings (SSSR count). The van der Waals surface area contributed by atoms with Gasteiger partial charge in [-0.15, -0.1) is 0 Å². The van der Waals surface area contributed by atoms with E-state index in [4.69, 9.17) is 14.7 Å². The smallest absolute Gasteiger partial charge is 0.175 e. The van der Waals surface area contributed by atoms with E-state index in [9.17, 15) is 0 Å². The summed E-state index contributed by atoms with van der Waals surface area (Å²) in [4.78, 5) is 0. The van der Waals surface area contributed by atoms with Gasteiger partial charge in [0, 0.05) is 6.54 Å². The van der Waals surface area contributed by atoms with Gasteiger partial charge in [-0.05, 0) is 60.9 Å². The fourth-order valence-electron chi connectivity index (χ4n) is 1.68. The quantitative estimate of drug-likeness (QED) is 0.825. The second-order valence-electron chi connectivity index (χ2n) is 5.23. The first-order valence-corrected chi connectivity index (χ1v) is 7.28. The molecule has 0 aliphatic rings. The van der Waals surface area contributed by atoms with Gasteiger partial charge >= 0.3 is 0 Å². The highest BCUT2D eigenvalue weighted by Gasteiger charge is 2.18. The summed E-state index contributed by atoms with van der Waals surface area (Å²) in [6.45, 7) is 5.04. The molecular formula is C15H21BrN2O2. The van der Waals surface area contributed by atoms with Gasteiger partial charge in [-0.25, -0.2) is 0 Å². The molecule has 0 spiro atoms. The van der Waals surface area contributed by atoms with Crippen LogP contribution in [0.1, 0.15) is 25.8 Å². The van der Waals surface area contributed by atoms with Crippen LogP contribution in [0.4, 0.5) is 0 Å². The molecule has 1 aromatic rings. The van der Waals surface area contributed by atoms with E-state index in [1.165, 1.54) is 0 Å². The van der Waals surface area contributed by atoms with Gasteiger partial charge < -0.3 is 14.8 Å². The number of hydrogen-bond donors (Lipinski definition) is 1. The molecule has 0 aliphatic heterocycles. The van der Waals surface area contributed by atoms with Crippen LogP contribution < -0.4 is 14.8 Å². The number of ether oxygens (including phenoxy) is 2. The minimum atomic E-state index is -0.383. The lowest BCUT2D eigenvalue weighted by Gasteiger charge is -2.18. The number of hydrogen-bond acceptors (Lipinski definition) is 4. The highest BCUT2D eigenvalue weighted by molar-refractivity contribution is 9.10. The normalized spacial score (nSPS) is 11.0. The lowest BCUT2D eigenvalue weighted by molar-refractivity contribution is 0.251. The molecule has 0 heterocycles. The lowest BCUT2D eigenvalue weighted by atomic mass is 9.92. The highest BCUT2D eigenvalue weighted by atomic mass is 79.9. The molecule has 110 valence electrons. The van der Waals surface area contributed by atoms with E-state index in [0.29, 0.717) is 24.5 Å². The molecule has 0 unspecified atom stereocenters. The Morgan fingerprint density at radius 2 is 2.10 bits per heavy atom. The predicted molar refractivity (Wildman–Crippen MR) is 83.0 cm³/mol. The second-order valence-corrected chi connectivity index (χ2v) is 6.09. The van der Waals surface area contributed by atoms with Crippen LogP contribution in [-0.2, 0) is 6.54 Å². The summed E-state index contributed by atoms with van der Waals surface area (Å²) in [7, 11) is 3.52. The maximum atomic E-state index is 9.00. The van der Waals surface area contributed by atoms with Gasteiger partial charge in [0.05, 0.1) is 29.7 Å². The van der Waals surface area contributed by atoms with E-state index in [2.05, 4.69) is 27.3 Å². The van der Waals surface area contributed by atoms with Crippen LogP contribution in [0, 0.1) is 16.7 Å². The van der Waals surface area contributed by atoms with Gasteiger partial charge in [-0.3, -0.25) is 0 Å². The van der Waals surface area contributed by atoms with Crippen molar-refractivity contribution in [2.75, 3.05) is 20.8 Å². The number of nitrogens with zero attached hydrogens (tertiary/aromatic N) is 1. The Balaban J connectivity index is 2.82. The van der Waals surface area contributed by atoms with Crippen LogP contribution >= 0.6 is 15.9 Å². The largest absolute Gasteiger partial charge is 0.493 e. The van der Waals surface area contributed by atoms with Crippen molar-refractivity contribution in [1.82, 2.24) is 5.32 Å². The standard InChI is InChI=1S/C15H21BrN2O2/c1-15(2,10-17)5-6-20-14-12(16)7-11(9-18-3)8-13(14)19-4/h7-8,18H,5-6,9H2,1-4H3. The number of halogens is 1. The number of methoxy groups -OCH3 is 1. The minimum absolute atomic E-state index is 0.383. The van der Waals surface area contributed by atoms with E-state index in [0.717, 1.165) is 16.6 Å². The summed E-state index contributed by atoms with van der Waals surface area (Å²) in [5.74, 6) is 1.38. The van der Waals surface area contributed by atoms with Crippen molar-refractivity contribution < 1.29 is 9.47 Å². The molecule has 0 aromatic heterocycles. The average molecular weight is 341 g/mol. The summed E-state index contributed by atoms with van der Waals surface area (Å²) in [5, 5.41) is 12.1. The van der Waals surface area contributed by atoms with E-state index in [1.807, 2.05) is 33.0 Å². The van der Waals surface area contributed by atoms with Crippen molar-refractivity contribution in [1.29, 1.82) is 5.26 Å². The van der Waals surface area contributed by atoms with Crippen molar-refractivity contribution in [3.8, 4) is 17.6 Å². The fourth-order valence-corrected chi connectivity index (χ4v) is 2.29. The summed E-state index contributed by atoms with van der Waals surface area (Å²) in [6, 6.07) is 6.22. The average Bonchev–Trinajstić information content (AvgIpc) is 2.41. The summed E-state index contributed by atoms with van der Waals surface area (Å²) in [6.07, 6.45) is 0.664. The number of nitrogens with one attached hydrogen (secondary N) is 1. The third kappa shape index (κ3) is 4.69. The molecule has 0 bridgehead atoms. The molecule has 0 saturated heterocycles. The first kappa shape index (κ1) is 16.8. The molecule has 0 fully saturated rings. The second kappa shape index (κ2) is 7.51. The highest BCUT2D eigenvalue weighted by Crippen LogP contribution is 2.37. The third-order valence-electron chi connectivity index (χ3n) is 2.95. The summed E-state index contributed by atoms with van der Waals surface area (Å²) in [5.41, 5.74) is 0.729. The van der Waals surface area contributed by atoms with Gasteiger partial charge in [0.1, 0.15) is 0 Å². The maximum Gasteiger partial charge on any atom is 0.175 e. The Hall–Kier alpha value is -1.25. The van der Waals surface area contributed by atoms with E-state index in [1.54, 1.807) is 7.11 Å². The number of rotatable bonds is 7. The summed E-state index contributed by atoms with van der Waals surface area (Å²) >= 11 is 3.51. The van der Waals surface area contributed by atoms with Crippen molar-refractivity contribution in [3.63, 3.8) is 0 Å². The molecule has 0 amide bonds. The Bertz CT molecular complexity index is 495. The Kier molecular flexibility index (Phi) is 6.31. The molecule has 0 aliphatic carbocycles. The molecule has 0 radical (unpaired) electrons. The molecule has 20 heavy (non-hydrogen) atoms. The summed E-state index contributed by atoms with van der Waals surface area (Å²) < 4.78 is 12.0. The first-order chi connectivity index (χ1) is 9.43. The monoisotopic (exact) mass is 340 g/mol. The topological polar surface area (TPSA) is 54.3 Å². The molecular weight excluding hydrogens is 320 g/mol. The van der Waals surface area contributed by atoms with Crippen LogP contribution in [0.5, 0.6) is 11.5 Å². The van der Waals surface area contributed by atoms with Crippen molar-refractivity contribution in [3.05, 3.63) is 22.2 Å². The van der Waals surface area contributed by atoms with Crippen LogP contribution in [0.2, 0.25) is 0 Å². The first-order valence-electron chi connectivity index (χ1n) is 6.48. The van der Waals surface area contributed by atoms with Gasteiger partial charge in [-0.1, -0.05) is 0 Å². The molecule has 1 aromatic carbocycles. The van der Waals surface area contributed by atoms with Gasteiger partial charge in [0.25, 0.3) is 0 Å². The Labute approximate surface area is 129 Å².